The second-order valence-electron chi connectivity index (χ2n) is 6.83. The number of halogens is 1. The summed E-state index contributed by atoms with van der Waals surface area (Å²) in [5.74, 6) is 0.324. The average molecular weight is 407 g/mol. The fraction of sp³-hybridized carbons (Fsp3) is 0.190. The van der Waals surface area contributed by atoms with Crippen LogP contribution >= 0.6 is 0 Å². The first-order valence-corrected chi connectivity index (χ1v) is 9.65. The zero-order valence-corrected chi connectivity index (χ0v) is 16.2. The van der Waals surface area contributed by atoms with E-state index in [1.54, 1.807) is 12.1 Å². The van der Waals surface area contributed by atoms with Gasteiger partial charge >= 0.3 is 0 Å². The number of aromatic nitrogens is 4. The number of hydrogen-bond donors (Lipinski definition) is 5. The number of nitrogens with one attached hydrogen (secondary N) is 4. The summed E-state index contributed by atoms with van der Waals surface area (Å²) in [6.07, 6.45) is 2.24. The highest BCUT2D eigenvalue weighted by Crippen LogP contribution is 2.20. The van der Waals surface area contributed by atoms with Gasteiger partial charge in [-0.25, -0.2) is 14.4 Å². The largest absolute Gasteiger partial charge is 0.330 e. The lowest BCUT2D eigenvalue weighted by Gasteiger charge is -2.08. The van der Waals surface area contributed by atoms with Crippen LogP contribution in [0.25, 0.3) is 22.2 Å². The summed E-state index contributed by atoms with van der Waals surface area (Å²) in [6.45, 7) is 1.72. The van der Waals surface area contributed by atoms with E-state index in [1.807, 2.05) is 24.3 Å². The molecule has 0 saturated heterocycles. The van der Waals surface area contributed by atoms with Gasteiger partial charge in [0.15, 0.2) is 0 Å². The molecule has 0 aliphatic heterocycles. The van der Waals surface area contributed by atoms with E-state index < -0.39 is 0 Å². The van der Waals surface area contributed by atoms with Crippen LogP contribution in [0.4, 0.5) is 16.3 Å². The van der Waals surface area contributed by atoms with Gasteiger partial charge in [0.05, 0.1) is 16.6 Å². The third-order valence-corrected chi connectivity index (χ3v) is 4.66. The van der Waals surface area contributed by atoms with Crippen LogP contribution in [-0.4, -0.2) is 33.0 Å². The third-order valence-electron chi connectivity index (χ3n) is 4.66. The molecule has 0 radical (unpaired) electrons. The zero-order valence-electron chi connectivity index (χ0n) is 16.2. The molecule has 0 amide bonds. The molecule has 0 spiro atoms. The van der Waals surface area contributed by atoms with Gasteiger partial charge in [-0.1, -0.05) is 24.3 Å². The highest BCUT2D eigenvalue weighted by molar-refractivity contribution is 5.77. The second-order valence-corrected chi connectivity index (χ2v) is 6.83. The minimum absolute atomic E-state index is 0.240. The Labute approximate surface area is 171 Å². The van der Waals surface area contributed by atoms with Gasteiger partial charge in [-0.15, -0.1) is 0 Å². The number of rotatable bonds is 8. The number of nitrogens with two attached hydrogens (primary N) is 1. The van der Waals surface area contributed by atoms with Crippen LogP contribution in [0.3, 0.4) is 0 Å². The van der Waals surface area contributed by atoms with E-state index >= 15 is 0 Å². The molecule has 0 aliphatic rings. The van der Waals surface area contributed by atoms with Crippen molar-refractivity contribution in [3.05, 3.63) is 70.4 Å². The van der Waals surface area contributed by atoms with Crippen molar-refractivity contribution in [2.75, 3.05) is 18.4 Å². The van der Waals surface area contributed by atoms with Crippen LogP contribution in [0.2, 0.25) is 0 Å². The first-order valence-electron chi connectivity index (χ1n) is 9.65. The molecule has 0 aliphatic carbocycles. The minimum Gasteiger partial charge on any atom is -0.330 e. The van der Waals surface area contributed by atoms with Gasteiger partial charge in [0.1, 0.15) is 5.82 Å². The maximum absolute atomic E-state index is 14.4. The van der Waals surface area contributed by atoms with Gasteiger partial charge in [-0.3, -0.25) is 15.1 Å². The number of benzene rings is 2. The minimum atomic E-state index is -0.378. The van der Waals surface area contributed by atoms with Gasteiger partial charge in [-0.05, 0) is 43.3 Å². The van der Waals surface area contributed by atoms with Crippen molar-refractivity contribution in [1.82, 2.24) is 25.3 Å². The SMILES string of the molecule is NCCCNCc1ccc(-c2cnc(Nc3nc4ccccc4[nH]3)[nH]c2=O)cc1F. The second kappa shape index (κ2) is 8.85. The molecule has 0 fully saturated rings. The van der Waals surface area contributed by atoms with Crippen LogP contribution < -0.4 is 21.9 Å². The molecular weight excluding hydrogens is 385 g/mol. The summed E-state index contributed by atoms with van der Waals surface area (Å²) >= 11 is 0. The number of hydrogen-bond acceptors (Lipinski definition) is 6. The van der Waals surface area contributed by atoms with Gasteiger partial charge in [0, 0.05) is 18.3 Å². The van der Waals surface area contributed by atoms with Crippen LogP contribution in [-0.2, 0) is 6.54 Å². The van der Waals surface area contributed by atoms with E-state index in [9.17, 15) is 9.18 Å². The molecule has 8 nitrogen and oxygen atoms in total. The number of aromatic amines is 2. The van der Waals surface area contributed by atoms with Crippen molar-refractivity contribution in [1.29, 1.82) is 0 Å². The number of anilines is 2. The van der Waals surface area contributed by atoms with E-state index in [0.29, 0.717) is 30.2 Å². The molecule has 0 bridgehead atoms. The average Bonchev–Trinajstić information content (AvgIpc) is 3.14. The van der Waals surface area contributed by atoms with Crippen LogP contribution in [0.1, 0.15) is 12.0 Å². The van der Waals surface area contributed by atoms with Crippen LogP contribution in [0.5, 0.6) is 0 Å². The lowest BCUT2D eigenvalue weighted by Crippen LogP contribution is -2.18. The standard InChI is InChI=1S/C21H22FN7O/c22-16-10-13(6-7-14(16)11-24-9-3-8-23)15-12-25-20(28-19(15)30)29-21-26-17-4-1-2-5-18(17)27-21/h1-2,4-7,10,12,24H,3,8-9,11,23H2,(H3,25,26,27,28,29,30). The van der Waals surface area contributed by atoms with Crippen molar-refractivity contribution >= 4 is 22.9 Å². The normalized spacial score (nSPS) is 11.1. The van der Waals surface area contributed by atoms with E-state index in [0.717, 1.165) is 24.0 Å². The number of nitrogens with zero attached hydrogens (tertiary/aromatic N) is 2. The predicted octanol–water partition coefficient (Wildman–Crippen LogP) is 2.63. The van der Waals surface area contributed by atoms with Crippen LogP contribution in [0.15, 0.2) is 53.5 Å². The summed E-state index contributed by atoms with van der Waals surface area (Å²) in [7, 11) is 0. The summed E-state index contributed by atoms with van der Waals surface area (Å²) in [4.78, 5) is 26.9. The zero-order chi connectivity index (χ0) is 20.9. The topological polar surface area (TPSA) is 125 Å². The van der Waals surface area contributed by atoms with Gasteiger partial charge in [0.25, 0.3) is 5.56 Å². The molecular formula is C21H22FN7O. The van der Waals surface area contributed by atoms with Crippen LogP contribution in [0, 0.1) is 5.82 Å². The predicted molar refractivity (Wildman–Crippen MR) is 115 cm³/mol. The Kier molecular flexibility index (Phi) is 5.82. The van der Waals surface area contributed by atoms with Crippen molar-refractivity contribution < 1.29 is 4.39 Å². The highest BCUT2D eigenvalue weighted by Gasteiger charge is 2.10. The Morgan fingerprint density at radius 2 is 1.97 bits per heavy atom. The van der Waals surface area contributed by atoms with Gasteiger partial charge < -0.3 is 16.0 Å². The molecule has 2 aromatic heterocycles. The lowest BCUT2D eigenvalue weighted by atomic mass is 10.1. The summed E-state index contributed by atoms with van der Waals surface area (Å²) in [5.41, 5.74) is 8.01. The fourth-order valence-corrected chi connectivity index (χ4v) is 3.10. The van der Waals surface area contributed by atoms with Gasteiger partial charge in [0.2, 0.25) is 11.9 Å². The third kappa shape index (κ3) is 4.37. The number of H-pyrrole nitrogens is 2. The summed E-state index contributed by atoms with van der Waals surface area (Å²) < 4.78 is 14.4. The number of fused-ring (bicyclic) bond motifs is 1. The first-order chi connectivity index (χ1) is 14.6. The van der Waals surface area contributed by atoms with Gasteiger partial charge in [-0.2, -0.15) is 0 Å². The Morgan fingerprint density at radius 1 is 1.10 bits per heavy atom. The van der Waals surface area contributed by atoms with E-state index in [1.165, 1.54) is 12.3 Å². The maximum Gasteiger partial charge on any atom is 0.260 e. The smallest absolute Gasteiger partial charge is 0.260 e. The molecule has 6 N–H and O–H groups in total. The highest BCUT2D eigenvalue weighted by atomic mass is 19.1. The Hall–Kier alpha value is -3.56. The molecule has 30 heavy (non-hydrogen) atoms. The van der Waals surface area contributed by atoms with E-state index in [2.05, 4.69) is 30.6 Å². The molecule has 2 aromatic carbocycles. The molecule has 0 atom stereocenters. The van der Waals surface area contributed by atoms with Crippen molar-refractivity contribution in [2.45, 2.75) is 13.0 Å². The Morgan fingerprint density at radius 3 is 2.73 bits per heavy atom. The van der Waals surface area contributed by atoms with E-state index in [4.69, 9.17) is 5.73 Å². The molecule has 154 valence electrons. The molecule has 0 saturated carbocycles. The lowest BCUT2D eigenvalue weighted by molar-refractivity contribution is 0.583. The first kappa shape index (κ1) is 19.7. The molecule has 0 unspecified atom stereocenters. The van der Waals surface area contributed by atoms with Crippen molar-refractivity contribution in [3.8, 4) is 11.1 Å². The Balaban J connectivity index is 1.50. The molecule has 4 rings (SSSR count). The Bertz CT molecular complexity index is 1180. The van der Waals surface area contributed by atoms with Crippen molar-refractivity contribution in [2.24, 2.45) is 5.73 Å². The number of para-hydroxylation sites is 2. The van der Waals surface area contributed by atoms with Crippen molar-refractivity contribution in [3.63, 3.8) is 0 Å². The van der Waals surface area contributed by atoms with E-state index in [-0.39, 0.29) is 22.9 Å². The quantitative estimate of drug-likeness (QED) is 0.286. The fourth-order valence-electron chi connectivity index (χ4n) is 3.10. The molecule has 9 heteroatoms. The molecule has 4 aromatic rings. The maximum atomic E-state index is 14.4. The number of imidazole rings is 1. The molecule has 2 heterocycles. The summed E-state index contributed by atoms with van der Waals surface area (Å²) in [5, 5.41) is 6.08. The monoisotopic (exact) mass is 407 g/mol. The summed E-state index contributed by atoms with van der Waals surface area (Å²) in [6, 6.07) is 12.3.